The molecule has 0 spiro atoms. The first-order valence-electron chi connectivity index (χ1n) is 7.00. The maximum atomic E-state index is 13.2. The van der Waals surface area contributed by atoms with Crippen molar-refractivity contribution >= 4 is 0 Å². The molecule has 4 nitrogen and oxygen atoms in total. The van der Waals surface area contributed by atoms with Gasteiger partial charge >= 0.3 is 0 Å². The third-order valence-electron chi connectivity index (χ3n) is 3.57. The third-order valence-corrected chi connectivity index (χ3v) is 3.57. The highest BCUT2D eigenvalue weighted by Gasteiger charge is 2.19. The minimum absolute atomic E-state index is 0.0227. The summed E-state index contributed by atoms with van der Waals surface area (Å²) >= 11 is 0. The van der Waals surface area contributed by atoms with Gasteiger partial charge in [0.2, 0.25) is 0 Å². The number of aryl methyl sites for hydroxylation is 2. The van der Waals surface area contributed by atoms with Crippen LogP contribution in [0.4, 0.5) is 8.78 Å². The number of nitrogens with zero attached hydrogens (tertiary/aromatic N) is 2. The first-order valence-corrected chi connectivity index (χ1v) is 7.00. The average Bonchev–Trinajstić information content (AvgIpc) is 2.93. The molecule has 0 saturated carbocycles. The molecule has 1 unspecified atom stereocenters. The van der Waals surface area contributed by atoms with Crippen LogP contribution in [-0.4, -0.2) is 29.2 Å². The molecule has 1 aromatic carbocycles. The van der Waals surface area contributed by atoms with Crippen molar-refractivity contribution in [1.29, 1.82) is 0 Å². The van der Waals surface area contributed by atoms with E-state index in [0.717, 1.165) is 24.8 Å². The van der Waals surface area contributed by atoms with E-state index in [4.69, 9.17) is 4.74 Å². The summed E-state index contributed by atoms with van der Waals surface area (Å²) in [4.78, 5) is 4.15. The van der Waals surface area contributed by atoms with Crippen LogP contribution in [0.15, 0.2) is 30.7 Å². The van der Waals surface area contributed by atoms with Crippen molar-refractivity contribution in [2.75, 3.05) is 19.7 Å². The van der Waals surface area contributed by atoms with Gasteiger partial charge in [-0.2, -0.15) is 0 Å². The molecule has 0 radical (unpaired) electrons. The number of imidazole rings is 1. The lowest BCUT2D eigenvalue weighted by Gasteiger charge is -2.24. The summed E-state index contributed by atoms with van der Waals surface area (Å²) in [6, 6.07) is 3.60. The van der Waals surface area contributed by atoms with Gasteiger partial charge in [0.15, 0.2) is 0 Å². The van der Waals surface area contributed by atoms with E-state index in [0.29, 0.717) is 25.1 Å². The predicted octanol–water partition coefficient (Wildman–Crippen LogP) is 2.06. The van der Waals surface area contributed by atoms with Crippen LogP contribution in [-0.2, 0) is 17.7 Å². The first-order chi connectivity index (χ1) is 10.2. The minimum Gasteiger partial charge on any atom is -0.369 e. The highest BCUT2D eigenvalue weighted by atomic mass is 19.1. The Balaban J connectivity index is 1.69. The Morgan fingerprint density at radius 3 is 2.81 bits per heavy atom. The molecule has 1 N–H and O–H groups in total. The number of aromatic nitrogens is 2. The number of nitrogens with one attached hydrogen (secondary N) is 1. The Kier molecular flexibility index (Phi) is 4.26. The summed E-state index contributed by atoms with van der Waals surface area (Å²) in [6.07, 6.45) is 4.02. The standard InChI is InChI=1S/C15H17F2N3O/c16-12-5-11(6-13(17)7-12)1-3-20-10-19-8-14(20)15-9-18-2-4-21-15/h5-8,10,15,18H,1-4,9H2. The molecule has 6 heteroatoms. The second-order valence-electron chi connectivity index (χ2n) is 5.10. The van der Waals surface area contributed by atoms with E-state index >= 15 is 0 Å². The zero-order valence-corrected chi connectivity index (χ0v) is 11.6. The summed E-state index contributed by atoms with van der Waals surface area (Å²) in [7, 11) is 0. The van der Waals surface area contributed by atoms with E-state index in [1.54, 1.807) is 12.5 Å². The zero-order valence-electron chi connectivity index (χ0n) is 11.6. The van der Waals surface area contributed by atoms with Crippen molar-refractivity contribution in [3.63, 3.8) is 0 Å². The van der Waals surface area contributed by atoms with Crippen LogP contribution in [0.3, 0.4) is 0 Å². The van der Waals surface area contributed by atoms with Gasteiger partial charge in [0, 0.05) is 25.7 Å². The van der Waals surface area contributed by atoms with Gasteiger partial charge in [-0.15, -0.1) is 0 Å². The number of rotatable bonds is 4. The van der Waals surface area contributed by atoms with E-state index in [1.807, 2.05) is 4.57 Å². The summed E-state index contributed by atoms with van der Waals surface area (Å²) < 4.78 is 34.0. The molecule has 21 heavy (non-hydrogen) atoms. The molecule has 1 aliphatic rings. The van der Waals surface area contributed by atoms with Gasteiger partial charge in [0.05, 0.1) is 24.8 Å². The van der Waals surface area contributed by atoms with Gasteiger partial charge in [-0.05, 0) is 24.1 Å². The monoisotopic (exact) mass is 293 g/mol. The van der Waals surface area contributed by atoms with Crippen LogP contribution in [0.25, 0.3) is 0 Å². The maximum Gasteiger partial charge on any atom is 0.126 e. The van der Waals surface area contributed by atoms with Crippen molar-refractivity contribution in [1.82, 2.24) is 14.9 Å². The largest absolute Gasteiger partial charge is 0.369 e. The summed E-state index contributed by atoms with van der Waals surface area (Å²) in [5, 5.41) is 3.27. The SMILES string of the molecule is Fc1cc(F)cc(CCn2cncc2C2CNCCO2)c1. The van der Waals surface area contributed by atoms with Crippen molar-refractivity contribution in [2.45, 2.75) is 19.1 Å². The molecule has 2 aromatic rings. The third kappa shape index (κ3) is 3.46. The number of ether oxygens (including phenoxy) is 1. The average molecular weight is 293 g/mol. The molecular formula is C15H17F2N3O. The minimum atomic E-state index is -0.546. The van der Waals surface area contributed by atoms with Crippen LogP contribution in [0.1, 0.15) is 17.4 Å². The molecule has 1 aliphatic heterocycles. The van der Waals surface area contributed by atoms with E-state index < -0.39 is 11.6 Å². The quantitative estimate of drug-likeness (QED) is 0.938. The lowest BCUT2D eigenvalue weighted by molar-refractivity contribution is 0.0228. The van der Waals surface area contributed by atoms with Crippen LogP contribution >= 0.6 is 0 Å². The van der Waals surface area contributed by atoms with Crippen LogP contribution < -0.4 is 5.32 Å². The molecule has 1 saturated heterocycles. The van der Waals surface area contributed by atoms with Crippen molar-refractivity contribution in [2.24, 2.45) is 0 Å². The number of morpholine rings is 1. The van der Waals surface area contributed by atoms with E-state index in [2.05, 4.69) is 10.3 Å². The molecule has 0 bridgehead atoms. The van der Waals surface area contributed by atoms with Gasteiger partial charge in [-0.3, -0.25) is 0 Å². The summed E-state index contributed by atoms with van der Waals surface area (Å²) in [6.45, 7) is 2.89. The molecule has 0 aliphatic carbocycles. The lowest BCUT2D eigenvalue weighted by Crippen LogP contribution is -2.34. The Labute approximate surface area is 121 Å². The van der Waals surface area contributed by atoms with Crippen molar-refractivity contribution < 1.29 is 13.5 Å². The first kappa shape index (κ1) is 14.2. The Bertz CT molecular complexity index is 588. The predicted molar refractivity (Wildman–Crippen MR) is 73.9 cm³/mol. The fraction of sp³-hybridized carbons (Fsp3) is 0.400. The smallest absolute Gasteiger partial charge is 0.126 e. The topological polar surface area (TPSA) is 39.1 Å². The van der Waals surface area contributed by atoms with Gasteiger partial charge in [0.25, 0.3) is 0 Å². The van der Waals surface area contributed by atoms with E-state index in [9.17, 15) is 8.78 Å². The molecule has 3 rings (SSSR count). The highest BCUT2D eigenvalue weighted by Crippen LogP contribution is 2.19. The second-order valence-corrected chi connectivity index (χ2v) is 5.10. The Morgan fingerprint density at radius 2 is 2.10 bits per heavy atom. The lowest BCUT2D eigenvalue weighted by atomic mass is 10.1. The van der Waals surface area contributed by atoms with Crippen LogP contribution in [0.2, 0.25) is 0 Å². The maximum absolute atomic E-state index is 13.2. The number of halogens is 2. The van der Waals surface area contributed by atoms with Gasteiger partial charge in [-0.25, -0.2) is 13.8 Å². The number of benzene rings is 1. The normalized spacial score (nSPS) is 18.9. The molecule has 2 heterocycles. The van der Waals surface area contributed by atoms with Gasteiger partial charge < -0.3 is 14.6 Å². The fourth-order valence-electron chi connectivity index (χ4n) is 2.55. The van der Waals surface area contributed by atoms with Crippen LogP contribution in [0, 0.1) is 11.6 Å². The molecule has 1 atom stereocenters. The molecular weight excluding hydrogens is 276 g/mol. The van der Waals surface area contributed by atoms with Crippen molar-refractivity contribution in [3.05, 3.63) is 53.6 Å². The molecule has 0 amide bonds. The number of hydrogen-bond acceptors (Lipinski definition) is 3. The zero-order chi connectivity index (χ0) is 14.7. The summed E-state index contributed by atoms with van der Waals surface area (Å²) in [5.74, 6) is -1.09. The van der Waals surface area contributed by atoms with Gasteiger partial charge in [-0.1, -0.05) is 0 Å². The Morgan fingerprint density at radius 1 is 1.29 bits per heavy atom. The van der Waals surface area contributed by atoms with Crippen molar-refractivity contribution in [3.8, 4) is 0 Å². The Hall–Kier alpha value is -1.79. The molecule has 112 valence electrons. The van der Waals surface area contributed by atoms with Crippen LogP contribution in [0.5, 0.6) is 0 Å². The number of hydrogen-bond donors (Lipinski definition) is 1. The molecule has 1 aromatic heterocycles. The van der Waals surface area contributed by atoms with E-state index in [-0.39, 0.29) is 6.10 Å². The van der Waals surface area contributed by atoms with E-state index in [1.165, 1.54) is 12.1 Å². The molecule has 1 fully saturated rings. The second kappa shape index (κ2) is 6.32. The fourth-order valence-corrected chi connectivity index (χ4v) is 2.55. The summed E-state index contributed by atoms with van der Waals surface area (Å²) in [5.41, 5.74) is 1.62. The van der Waals surface area contributed by atoms with Gasteiger partial charge in [0.1, 0.15) is 17.7 Å². The highest BCUT2D eigenvalue weighted by molar-refractivity contribution is 5.18.